The van der Waals surface area contributed by atoms with Crippen molar-refractivity contribution in [2.45, 2.75) is 43.5 Å². The molecule has 29 heavy (non-hydrogen) atoms. The summed E-state index contributed by atoms with van der Waals surface area (Å²) in [7, 11) is -4.05. The van der Waals surface area contributed by atoms with Crippen molar-refractivity contribution in [1.29, 1.82) is 0 Å². The molecule has 1 aliphatic rings. The minimum Gasteiger partial charge on any atom is -0.421 e. The van der Waals surface area contributed by atoms with E-state index >= 15 is 0 Å². The largest absolute Gasteiger partial charge is 0.421 e. The van der Waals surface area contributed by atoms with E-state index < -0.39 is 15.6 Å². The van der Waals surface area contributed by atoms with Crippen molar-refractivity contribution in [1.82, 2.24) is 0 Å². The van der Waals surface area contributed by atoms with E-state index in [2.05, 4.69) is 10.0 Å². The molecule has 152 valence electrons. The SMILES string of the molecule is Cc1c(Cl)cccc1S(=O)(=O)Nc1c(NC2CCCC2)c2ccccc2oc1=O. The Balaban J connectivity index is 1.85. The summed E-state index contributed by atoms with van der Waals surface area (Å²) in [5.41, 5.74) is 0.409. The van der Waals surface area contributed by atoms with Crippen molar-refractivity contribution in [2.24, 2.45) is 0 Å². The molecule has 1 heterocycles. The van der Waals surface area contributed by atoms with Crippen LogP contribution in [0.15, 0.2) is 56.6 Å². The lowest BCUT2D eigenvalue weighted by Crippen LogP contribution is -2.23. The number of hydrogen-bond acceptors (Lipinski definition) is 5. The van der Waals surface area contributed by atoms with E-state index in [-0.39, 0.29) is 16.6 Å². The first-order valence-electron chi connectivity index (χ1n) is 9.47. The fraction of sp³-hybridized carbons (Fsp3) is 0.286. The molecule has 0 spiro atoms. The molecular formula is C21H21ClN2O4S. The van der Waals surface area contributed by atoms with Gasteiger partial charge in [0, 0.05) is 16.5 Å². The Morgan fingerprint density at radius 3 is 2.52 bits per heavy atom. The summed E-state index contributed by atoms with van der Waals surface area (Å²) in [5.74, 6) is 0. The van der Waals surface area contributed by atoms with Crippen LogP contribution in [0.1, 0.15) is 31.2 Å². The second kappa shape index (κ2) is 7.72. The van der Waals surface area contributed by atoms with Gasteiger partial charge < -0.3 is 9.73 Å². The number of benzene rings is 2. The highest BCUT2D eigenvalue weighted by atomic mass is 35.5. The number of halogens is 1. The second-order valence-corrected chi connectivity index (χ2v) is 9.29. The number of nitrogens with one attached hydrogen (secondary N) is 2. The number of fused-ring (bicyclic) bond motifs is 1. The van der Waals surface area contributed by atoms with Gasteiger partial charge in [0.1, 0.15) is 5.58 Å². The van der Waals surface area contributed by atoms with Crippen LogP contribution in [0.25, 0.3) is 11.0 Å². The predicted molar refractivity (Wildman–Crippen MR) is 115 cm³/mol. The quantitative estimate of drug-likeness (QED) is 0.559. The molecule has 6 nitrogen and oxygen atoms in total. The average molecular weight is 433 g/mol. The van der Waals surface area contributed by atoms with E-state index in [1.54, 1.807) is 37.3 Å². The molecule has 0 radical (unpaired) electrons. The fourth-order valence-electron chi connectivity index (χ4n) is 3.73. The molecule has 3 aromatic rings. The number of rotatable bonds is 5. The summed E-state index contributed by atoms with van der Waals surface area (Å²) >= 11 is 6.09. The van der Waals surface area contributed by atoms with Gasteiger partial charge in [-0.25, -0.2) is 13.2 Å². The van der Waals surface area contributed by atoms with Gasteiger partial charge in [-0.15, -0.1) is 0 Å². The van der Waals surface area contributed by atoms with Crippen LogP contribution in [0.4, 0.5) is 11.4 Å². The summed E-state index contributed by atoms with van der Waals surface area (Å²) in [6, 6.07) is 11.9. The third-order valence-electron chi connectivity index (χ3n) is 5.26. The highest BCUT2D eigenvalue weighted by Gasteiger charge is 2.25. The topological polar surface area (TPSA) is 88.4 Å². The first-order valence-corrected chi connectivity index (χ1v) is 11.3. The molecule has 1 aliphatic carbocycles. The standard InChI is InChI=1S/C21H21ClN2O4S/c1-13-16(22)10-6-12-18(13)29(26,27)24-20-19(23-14-7-2-3-8-14)15-9-4-5-11-17(15)28-21(20)25/h4-6,9-12,14,23-24H,2-3,7-8H2,1H3. The van der Waals surface area contributed by atoms with Crippen LogP contribution < -0.4 is 15.7 Å². The summed E-state index contributed by atoms with van der Waals surface area (Å²) in [5, 5.41) is 4.37. The smallest absolute Gasteiger partial charge is 0.363 e. The van der Waals surface area contributed by atoms with Gasteiger partial charge in [-0.05, 0) is 49.6 Å². The van der Waals surface area contributed by atoms with Crippen molar-refractivity contribution in [3.63, 3.8) is 0 Å². The molecule has 0 aliphatic heterocycles. The van der Waals surface area contributed by atoms with Crippen LogP contribution >= 0.6 is 11.6 Å². The summed E-state index contributed by atoms with van der Waals surface area (Å²) < 4.78 is 34.0. The minimum atomic E-state index is -4.05. The molecule has 0 unspecified atom stereocenters. The maximum absolute atomic E-state index is 13.1. The van der Waals surface area contributed by atoms with E-state index in [4.69, 9.17) is 16.0 Å². The fourth-order valence-corrected chi connectivity index (χ4v) is 5.30. The summed E-state index contributed by atoms with van der Waals surface area (Å²) in [6.07, 6.45) is 4.13. The molecule has 0 bridgehead atoms. The van der Waals surface area contributed by atoms with Crippen molar-refractivity contribution in [3.05, 3.63) is 63.5 Å². The Morgan fingerprint density at radius 2 is 1.76 bits per heavy atom. The zero-order valence-electron chi connectivity index (χ0n) is 15.9. The third kappa shape index (κ3) is 3.84. The Labute approximate surface area is 173 Å². The molecule has 8 heteroatoms. The lowest BCUT2D eigenvalue weighted by atomic mass is 10.1. The molecular weight excluding hydrogens is 412 g/mol. The van der Waals surface area contributed by atoms with E-state index in [9.17, 15) is 13.2 Å². The Bertz CT molecular complexity index is 1230. The number of hydrogen-bond donors (Lipinski definition) is 2. The Hall–Kier alpha value is -2.51. The molecule has 0 saturated heterocycles. The first-order chi connectivity index (χ1) is 13.9. The molecule has 1 aromatic heterocycles. The van der Waals surface area contributed by atoms with Crippen LogP contribution in [0, 0.1) is 6.92 Å². The zero-order chi connectivity index (χ0) is 20.6. The molecule has 4 rings (SSSR count). The van der Waals surface area contributed by atoms with Gasteiger partial charge in [0.05, 0.1) is 10.6 Å². The van der Waals surface area contributed by atoms with Crippen LogP contribution in [0.2, 0.25) is 5.02 Å². The van der Waals surface area contributed by atoms with Crippen molar-refractivity contribution in [2.75, 3.05) is 10.0 Å². The molecule has 2 N–H and O–H groups in total. The highest BCUT2D eigenvalue weighted by Crippen LogP contribution is 2.34. The van der Waals surface area contributed by atoms with Crippen LogP contribution in [0.3, 0.4) is 0 Å². The predicted octanol–water partition coefficient (Wildman–Crippen LogP) is 4.91. The summed E-state index contributed by atoms with van der Waals surface area (Å²) in [6.45, 7) is 1.62. The maximum Gasteiger partial charge on any atom is 0.363 e. The van der Waals surface area contributed by atoms with Gasteiger partial charge in [0.25, 0.3) is 10.0 Å². The van der Waals surface area contributed by atoms with Crippen molar-refractivity contribution >= 4 is 44.0 Å². The van der Waals surface area contributed by atoms with Crippen LogP contribution in [-0.2, 0) is 10.0 Å². The minimum absolute atomic E-state index is 0.0179. The third-order valence-corrected chi connectivity index (χ3v) is 7.16. The van der Waals surface area contributed by atoms with E-state index in [1.807, 2.05) is 6.07 Å². The van der Waals surface area contributed by atoms with Crippen LogP contribution in [-0.4, -0.2) is 14.5 Å². The van der Waals surface area contributed by atoms with Gasteiger partial charge in [-0.3, -0.25) is 4.72 Å². The molecule has 0 atom stereocenters. The van der Waals surface area contributed by atoms with Crippen molar-refractivity contribution in [3.8, 4) is 0 Å². The van der Waals surface area contributed by atoms with Gasteiger partial charge in [0.15, 0.2) is 5.69 Å². The monoisotopic (exact) mass is 432 g/mol. The van der Waals surface area contributed by atoms with Crippen molar-refractivity contribution < 1.29 is 12.8 Å². The number of sulfonamides is 1. The van der Waals surface area contributed by atoms with Gasteiger partial charge in [0.2, 0.25) is 0 Å². The van der Waals surface area contributed by atoms with E-state index in [0.717, 1.165) is 25.7 Å². The Morgan fingerprint density at radius 1 is 1.03 bits per heavy atom. The second-order valence-electron chi connectivity index (χ2n) is 7.23. The molecule has 0 amide bonds. The normalized spacial score (nSPS) is 15.0. The maximum atomic E-state index is 13.1. The lowest BCUT2D eigenvalue weighted by Gasteiger charge is -2.19. The van der Waals surface area contributed by atoms with Gasteiger partial charge >= 0.3 is 5.63 Å². The van der Waals surface area contributed by atoms with Gasteiger partial charge in [-0.1, -0.05) is 42.6 Å². The molecule has 1 saturated carbocycles. The van der Waals surface area contributed by atoms with Crippen LogP contribution in [0.5, 0.6) is 0 Å². The Kier molecular flexibility index (Phi) is 5.27. The lowest BCUT2D eigenvalue weighted by molar-refractivity contribution is 0.562. The number of para-hydroxylation sites is 1. The van der Waals surface area contributed by atoms with E-state index in [1.165, 1.54) is 6.07 Å². The zero-order valence-corrected chi connectivity index (χ0v) is 17.4. The number of anilines is 2. The molecule has 2 aromatic carbocycles. The van der Waals surface area contributed by atoms with E-state index in [0.29, 0.717) is 27.2 Å². The summed E-state index contributed by atoms with van der Waals surface area (Å²) in [4.78, 5) is 12.7. The average Bonchev–Trinajstić information content (AvgIpc) is 3.19. The molecule has 1 fully saturated rings. The first kappa shape index (κ1) is 19.8. The van der Waals surface area contributed by atoms with Gasteiger partial charge in [-0.2, -0.15) is 0 Å². The highest BCUT2D eigenvalue weighted by molar-refractivity contribution is 7.92.